The van der Waals surface area contributed by atoms with Gasteiger partial charge in [-0.15, -0.1) is 0 Å². The van der Waals surface area contributed by atoms with E-state index < -0.39 is 12.0 Å². The fourth-order valence-corrected chi connectivity index (χ4v) is 4.28. The maximum atomic E-state index is 13.6. The van der Waals surface area contributed by atoms with Crippen LogP contribution in [0.25, 0.3) is 11.0 Å². The largest absolute Gasteiger partial charge is 0.345 e. The molecule has 1 unspecified atom stereocenters. The van der Waals surface area contributed by atoms with Crippen LogP contribution in [0.4, 0.5) is 4.39 Å². The normalized spacial score (nSPS) is 17.1. The van der Waals surface area contributed by atoms with Gasteiger partial charge in [0.15, 0.2) is 0 Å². The zero-order valence-corrected chi connectivity index (χ0v) is 17.8. The number of carbonyl (C=O) groups is 2. The summed E-state index contributed by atoms with van der Waals surface area (Å²) in [5.41, 5.74) is 0.821. The highest BCUT2D eigenvalue weighted by atomic mass is 19.1. The number of aromatic amines is 1. The Morgan fingerprint density at radius 2 is 2.10 bits per heavy atom. The monoisotopic (exact) mass is 418 g/mol. The zero-order chi connectivity index (χ0) is 21.9. The first-order valence-electron chi connectivity index (χ1n) is 10.5. The summed E-state index contributed by atoms with van der Waals surface area (Å²) in [7, 11) is 0. The summed E-state index contributed by atoms with van der Waals surface area (Å²) in [5.74, 6) is -0.137. The first-order chi connectivity index (χ1) is 14.2. The molecule has 2 aromatic rings. The quantitative estimate of drug-likeness (QED) is 0.343. The predicted octanol–water partition coefficient (Wildman–Crippen LogP) is 3.95. The van der Waals surface area contributed by atoms with Gasteiger partial charge in [0, 0.05) is 0 Å². The van der Waals surface area contributed by atoms with Gasteiger partial charge in [-0.2, -0.15) is 0 Å². The maximum Gasteiger partial charge on any atom is 0.233 e. The lowest BCUT2D eigenvalue weighted by atomic mass is 9.85. The van der Waals surface area contributed by atoms with Gasteiger partial charge in [-0.05, 0) is 36.0 Å². The van der Waals surface area contributed by atoms with Crippen molar-refractivity contribution in [3.63, 3.8) is 0 Å². The standard InChI is InChI=1S/C22H31FN4O3/c1-22(2,3)19(20-24-17-9-8-16(23)11-18(17)25-20)26-21(29)15(12-27(30)13-28)10-14-6-4-5-7-14/h8-9,11,13-15,19,30H,4-7,10,12H2,1-3H3,(H,24,25)(H,26,29)/t15?,19-/m1/s1. The molecule has 0 radical (unpaired) electrons. The lowest BCUT2D eigenvalue weighted by Gasteiger charge is -2.32. The summed E-state index contributed by atoms with van der Waals surface area (Å²) in [5, 5.41) is 13.3. The first-order valence-corrected chi connectivity index (χ1v) is 10.5. The SMILES string of the molecule is CC(C)(C)[C@H](NC(=O)C(CC1CCCC1)CN(O)C=O)c1nc2ccc(F)cc2[nH]1. The Bertz CT molecular complexity index is 886. The summed E-state index contributed by atoms with van der Waals surface area (Å²) >= 11 is 0. The molecule has 0 saturated heterocycles. The number of rotatable bonds is 8. The van der Waals surface area contributed by atoms with E-state index in [-0.39, 0.29) is 23.7 Å². The fourth-order valence-electron chi connectivity index (χ4n) is 4.28. The van der Waals surface area contributed by atoms with Crippen LogP contribution in [0.5, 0.6) is 0 Å². The molecule has 0 spiro atoms. The molecule has 7 nitrogen and oxygen atoms in total. The minimum absolute atomic E-state index is 0.0476. The molecule has 1 saturated carbocycles. The van der Waals surface area contributed by atoms with Gasteiger partial charge in [0.05, 0.1) is 29.5 Å². The minimum Gasteiger partial charge on any atom is -0.345 e. The number of imidazole rings is 1. The number of hydrogen-bond acceptors (Lipinski definition) is 4. The average Bonchev–Trinajstić information content (AvgIpc) is 3.33. The van der Waals surface area contributed by atoms with Gasteiger partial charge in [0.2, 0.25) is 12.3 Å². The molecule has 8 heteroatoms. The molecule has 0 aliphatic heterocycles. The third-order valence-electron chi connectivity index (χ3n) is 5.88. The Morgan fingerprint density at radius 3 is 2.73 bits per heavy atom. The summed E-state index contributed by atoms with van der Waals surface area (Å²) in [4.78, 5) is 31.8. The van der Waals surface area contributed by atoms with Crippen molar-refractivity contribution in [3.05, 3.63) is 29.8 Å². The van der Waals surface area contributed by atoms with Crippen molar-refractivity contribution in [2.75, 3.05) is 6.54 Å². The van der Waals surface area contributed by atoms with E-state index in [0.717, 1.165) is 25.7 Å². The predicted molar refractivity (Wildman–Crippen MR) is 111 cm³/mol. The first kappa shape index (κ1) is 22.2. The highest BCUT2D eigenvalue weighted by Gasteiger charge is 2.34. The molecule has 3 rings (SSSR count). The number of halogens is 1. The third-order valence-corrected chi connectivity index (χ3v) is 5.88. The van der Waals surface area contributed by atoms with Crippen LogP contribution in [0.1, 0.15) is 64.7 Å². The van der Waals surface area contributed by atoms with Crippen LogP contribution >= 0.6 is 0 Å². The molecule has 1 heterocycles. The number of hydroxylamine groups is 2. The Hall–Kier alpha value is -2.48. The molecule has 2 amide bonds. The number of hydrogen-bond donors (Lipinski definition) is 3. The number of fused-ring (bicyclic) bond motifs is 1. The van der Waals surface area contributed by atoms with E-state index in [2.05, 4.69) is 15.3 Å². The molecule has 1 aromatic carbocycles. The van der Waals surface area contributed by atoms with Crippen molar-refractivity contribution in [3.8, 4) is 0 Å². The summed E-state index contributed by atoms with van der Waals surface area (Å²) in [6.07, 6.45) is 5.37. The van der Waals surface area contributed by atoms with Gasteiger partial charge in [0.1, 0.15) is 11.6 Å². The van der Waals surface area contributed by atoms with Crippen molar-refractivity contribution >= 4 is 23.4 Å². The average molecular weight is 419 g/mol. The van der Waals surface area contributed by atoms with Gasteiger partial charge >= 0.3 is 0 Å². The third kappa shape index (κ3) is 5.36. The lowest BCUT2D eigenvalue weighted by molar-refractivity contribution is -0.155. The van der Waals surface area contributed by atoms with Crippen molar-refractivity contribution in [2.45, 2.75) is 58.9 Å². The van der Waals surface area contributed by atoms with Gasteiger partial charge in [-0.25, -0.2) is 14.4 Å². The molecule has 164 valence electrons. The molecule has 0 bridgehead atoms. The Balaban J connectivity index is 1.83. The number of nitrogens with zero attached hydrogens (tertiary/aromatic N) is 2. The maximum absolute atomic E-state index is 13.6. The topological polar surface area (TPSA) is 98.3 Å². The van der Waals surface area contributed by atoms with Crippen LogP contribution in [0.3, 0.4) is 0 Å². The van der Waals surface area contributed by atoms with Crippen molar-refractivity contribution in [1.82, 2.24) is 20.3 Å². The molecular formula is C22H31FN4O3. The van der Waals surface area contributed by atoms with Crippen molar-refractivity contribution in [2.24, 2.45) is 17.3 Å². The second kappa shape index (κ2) is 9.12. The van der Waals surface area contributed by atoms with Gasteiger partial charge < -0.3 is 10.3 Å². The lowest BCUT2D eigenvalue weighted by Crippen LogP contribution is -2.43. The second-order valence-corrected chi connectivity index (χ2v) is 9.40. The molecule has 1 aliphatic carbocycles. The molecule has 1 aromatic heterocycles. The van der Waals surface area contributed by atoms with E-state index in [1.54, 1.807) is 6.07 Å². The highest BCUT2D eigenvalue weighted by molar-refractivity contribution is 5.80. The van der Waals surface area contributed by atoms with E-state index in [0.29, 0.717) is 40.7 Å². The molecule has 2 atom stereocenters. The van der Waals surface area contributed by atoms with E-state index in [1.165, 1.54) is 12.1 Å². The van der Waals surface area contributed by atoms with Crippen LogP contribution in [0, 0.1) is 23.1 Å². The van der Waals surface area contributed by atoms with Crippen LogP contribution < -0.4 is 5.32 Å². The number of amides is 2. The van der Waals surface area contributed by atoms with E-state index in [9.17, 15) is 19.2 Å². The Kier molecular flexibility index (Phi) is 6.75. The number of benzene rings is 1. The van der Waals surface area contributed by atoms with Crippen molar-refractivity contribution < 1.29 is 19.2 Å². The molecule has 30 heavy (non-hydrogen) atoms. The minimum atomic E-state index is -0.519. The summed E-state index contributed by atoms with van der Waals surface area (Å²) in [6.45, 7) is 5.92. The number of H-pyrrole nitrogens is 1. The highest BCUT2D eigenvalue weighted by Crippen LogP contribution is 2.34. The summed E-state index contributed by atoms with van der Waals surface area (Å²) < 4.78 is 13.6. The van der Waals surface area contributed by atoms with E-state index in [4.69, 9.17) is 0 Å². The number of aromatic nitrogens is 2. The number of nitrogens with one attached hydrogen (secondary N) is 2. The molecule has 1 fully saturated rings. The zero-order valence-electron chi connectivity index (χ0n) is 17.8. The molecular weight excluding hydrogens is 387 g/mol. The molecule has 1 aliphatic rings. The van der Waals surface area contributed by atoms with Gasteiger partial charge in [-0.3, -0.25) is 14.8 Å². The van der Waals surface area contributed by atoms with Crippen LogP contribution in [-0.2, 0) is 9.59 Å². The van der Waals surface area contributed by atoms with Crippen LogP contribution in [-0.4, -0.2) is 39.1 Å². The smallest absolute Gasteiger partial charge is 0.233 e. The fraction of sp³-hybridized carbons (Fsp3) is 0.591. The second-order valence-electron chi connectivity index (χ2n) is 9.40. The number of carbonyl (C=O) groups excluding carboxylic acids is 2. The Morgan fingerprint density at radius 1 is 1.40 bits per heavy atom. The molecule has 3 N–H and O–H groups in total. The van der Waals surface area contributed by atoms with Crippen LogP contribution in [0.15, 0.2) is 18.2 Å². The van der Waals surface area contributed by atoms with Gasteiger partial charge in [0.25, 0.3) is 0 Å². The van der Waals surface area contributed by atoms with E-state index in [1.807, 2.05) is 20.8 Å². The Labute approximate surface area is 176 Å². The van der Waals surface area contributed by atoms with Crippen molar-refractivity contribution in [1.29, 1.82) is 0 Å². The van der Waals surface area contributed by atoms with E-state index >= 15 is 0 Å². The van der Waals surface area contributed by atoms with Gasteiger partial charge in [-0.1, -0.05) is 46.5 Å². The van der Waals surface area contributed by atoms with Crippen LogP contribution in [0.2, 0.25) is 0 Å². The summed E-state index contributed by atoms with van der Waals surface area (Å²) in [6, 6.07) is 3.88.